The standard InChI is InChI=1S/C20H20N2O2S2/c1-3-21(4-2)15-7-5-14(6-8-15)13-18-19(24)22(20(25)26-18)16-9-11-17(23)12-10-16/h5-13,23H,3-4H2,1-2H3/b18-13-. The van der Waals surface area contributed by atoms with Crippen LogP contribution in [0.15, 0.2) is 53.4 Å². The van der Waals surface area contributed by atoms with Gasteiger partial charge in [-0.05, 0) is 61.9 Å². The lowest BCUT2D eigenvalue weighted by atomic mass is 10.1. The quantitative estimate of drug-likeness (QED) is 0.601. The lowest BCUT2D eigenvalue weighted by Crippen LogP contribution is -2.27. The Morgan fingerprint density at radius 3 is 2.27 bits per heavy atom. The van der Waals surface area contributed by atoms with Crippen molar-refractivity contribution in [3.05, 3.63) is 59.0 Å². The van der Waals surface area contributed by atoms with Gasteiger partial charge in [-0.25, -0.2) is 0 Å². The number of rotatable bonds is 5. The van der Waals surface area contributed by atoms with E-state index >= 15 is 0 Å². The van der Waals surface area contributed by atoms with Gasteiger partial charge in [-0.1, -0.05) is 36.1 Å². The van der Waals surface area contributed by atoms with E-state index in [4.69, 9.17) is 12.2 Å². The van der Waals surface area contributed by atoms with E-state index in [2.05, 4.69) is 30.9 Å². The van der Waals surface area contributed by atoms with Gasteiger partial charge in [0.2, 0.25) is 0 Å². The number of carbonyl (C=O) groups is 1. The monoisotopic (exact) mass is 384 g/mol. The first-order valence-corrected chi connectivity index (χ1v) is 9.68. The summed E-state index contributed by atoms with van der Waals surface area (Å²) in [6.07, 6.45) is 1.87. The molecule has 1 saturated heterocycles. The number of amides is 1. The lowest BCUT2D eigenvalue weighted by molar-refractivity contribution is -0.113. The van der Waals surface area contributed by atoms with E-state index in [0.717, 1.165) is 18.7 Å². The molecule has 0 saturated carbocycles. The van der Waals surface area contributed by atoms with Gasteiger partial charge in [-0.2, -0.15) is 0 Å². The van der Waals surface area contributed by atoms with Crippen molar-refractivity contribution < 1.29 is 9.90 Å². The molecule has 0 atom stereocenters. The number of carbonyl (C=O) groups excluding carboxylic acids is 1. The van der Waals surface area contributed by atoms with E-state index < -0.39 is 0 Å². The zero-order valence-corrected chi connectivity index (χ0v) is 16.3. The number of phenols is 1. The molecule has 3 rings (SSSR count). The number of hydrogen-bond acceptors (Lipinski definition) is 5. The highest BCUT2D eigenvalue weighted by Gasteiger charge is 2.33. The molecule has 1 aliphatic heterocycles. The summed E-state index contributed by atoms with van der Waals surface area (Å²) in [5, 5.41) is 9.42. The maximum atomic E-state index is 12.8. The van der Waals surface area contributed by atoms with Gasteiger partial charge in [-0.3, -0.25) is 9.69 Å². The third kappa shape index (κ3) is 3.76. The third-order valence-corrected chi connectivity index (χ3v) is 5.52. The van der Waals surface area contributed by atoms with Gasteiger partial charge >= 0.3 is 0 Å². The largest absolute Gasteiger partial charge is 0.508 e. The molecular formula is C20H20N2O2S2. The second-order valence-electron chi connectivity index (χ2n) is 5.80. The maximum absolute atomic E-state index is 12.8. The molecule has 0 bridgehead atoms. The number of thiocarbonyl (C=S) groups is 1. The van der Waals surface area contributed by atoms with Crippen LogP contribution in [0.5, 0.6) is 5.75 Å². The van der Waals surface area contributed by atoms with E-state index in [0.29, 0.717) is 14.9 Å². The predicted molar refractivity (Wildman–Crippen MR) is 114 cm³/mol. The maximum Gasteiger partial charge on any atom is 0.270 e. The van der Waals surface area contributed by atoms with Gasteiger partial charge in [0, 0.05) is 18.8 Å². The van der Waals surface area contributed by atoms with Gasteiger partial charge in [0.25, 0.3) is 5.91 Å². The Kier molecular flexibility index (Phi) is 5.64. The molecule has 0 aliphatic carbocycles. The topological polar surface area (TPSA) is 43.8 Å². The van der Waals surface area contributed by atoms with Gasteiger partial charge in [0.1, 0.15) is 5.75 Å². The van der Waals surface area contributed by atoms with E-state index in [9.17, 15) is 9.90 Å². The molecule has 2 aromatic rings. The van der Waals surface area contributed by atoms with Crippen molar-refractivity contribution in [3.63, 3.8) is 0 Å². The molecule has 2 aromatic carbocycles. The van der Waals surface area contributed by atoms with E-state index in [-0.39, 0.29) is 11.7 Å². The second kappa shape index (κ2) is 7.93. The van der Waals surface area contributed by atoms with Crippen LogP contribution in [0, 0.1) is 0 Å². The molecule has 1 aliphatic rings. The molecule has 0 aromatic heterocycles. The molecule has 0 unspecified atom stereocenters. The Labute approximate surface area is 163 Å². The number of anilines is 2. The Bertz CT molecular complexity index is 841. The van der Waals surface area contributed by atoms with Crippen LogP contribution in [0.25, 0.3) is 6.08 Å². The van der Waals surface area contributed by atoms with Crippen LogP contribution in [0.4, 0.5) is 11.4 Å². The van der Waals surface area contributed by atoms with Crippen LogP contribution in [-0.2, 0) is 4.79 Å². The highest BCUT2D eigenvalue weighted by Crippen LogP contribution is 2.36. The first kappa shape index (κ1) is 18.5. The van der Waals surface area contributed by atoms with Crippen LogP contribution >= 0.6 is 24.0 Å². The number of phenolic OH excluding ortho intramolecular Hbond substituents is 1. The van der Waals surface area contributed by atoms with Crippen molar-refractivity contribution in [2.24, 2.45) is 0 Å². The summed E-state index contributed by atoms with van der Waals surface area (Å²) in [7, 11) is 0. The summed E-state index contributed by atoms with van der Waals surface area (Å²) in [4.78, 5) is 17.1. The molecule has 1 heterocycles. The first-order chi connectivity index (χ1) is 12.5. The van der Waals surface area contributed by atoms with Gasteiger partial charge < -0.3 is 10.0 Å². The number of thioether (sulfide) groups is 1. The molecular weight excluding hydrogens is 364 g/mol. The molecule has 1 fully saturated rings. The summed E-state index contributed by atoms with van der Waals surface area (Å²) in [6, 6.07) is 14.6. The minimum atomic E-state index is -0.140. The fourth-order valence-corrected chi connectivity index (χ4v) is 4.11. The summed E-state index contributed by atoms with van der Waals surface area (Å²) >= 11 is 6.66. The molecule has 0 spiro atoms. The molecule has 134 valence electrons. The third-order valence-electron chi connectivity index (χ3n) is 4.22. The molecule has 26 heavy (non-hydrogen) atoms. The van der Waals surface area contributed by atoms with Crippen LogP contribution in [0.2, 0.25) is 0 Å². The fourth-order valence-electron chi connectivity index (χ4n) is 2.81. The van der Waals surface area contributed by atoms with Gasteiger partial charge in [0.15, 0.2) is 4.32 Å². The zero-order chi connectivity index (χ0) is 18.7. The van der Waals surface area contributed by atoms with E-state index in [1.54, 1.807) is 24.3 Å². The molecule has 1 N–H and O–H groups in total. The van der Waals surface area contributed by atoms with Crippen molar-refractivity contribution >= 4 is 51.7 Å². The first-order valence-electron chi connectivity index (χ1n) is 8.45. The van der Waals surface area contributed by atoms with Crippen LogP contribution < -0.4 is 9.80 Å². The smallest absolute Gasteiger partial charge is 0.270 e. The average molecular weight is 385 g/mol. The highest BCUT2D eigenvalue weighted by molar-refractivity contribution is 8.27. The van der Waals surface area contributed by atoms with Crippen molar-refractivity contribution in [3.8, 4) is 5.75 Å². The fraction of sp³-hybridized carbons (Fsp3) is 0.200. The summed E-state index contributed by atoms with van der Waals surface area (Å²) in [5.74, 6) is 0.0153. The minimum Gasteiger partial charge on any atom is -0.508 e. The van der Waals surface area contributed by atoms with Crippen LogP contribution in [0.1, 0.15) is 19.4 Å². The van der Waals surface area contributed by atoms with Gasteiger partial charge in [-0.15, -0.1) is 0 Å². The highest BCUT2D eigenvalue weighted by atomic mass is 32.2. The predicted octanol–water partition coefficient (Wildman–Crippen LogP) is 4.64. The summed E-state index contributed by atoms with van der Waals surface area (Å²) in [6.45, 7) is 6.18. The number of nitrogens with zero attached hydrogens (tertiary/aromatic N) is 2. The number of benzene rings is 2. The average Bonchev–Trinajstić information content (AvgIpc) is 2.92. The minimum absolute atomic E-state index is 0.140. The Balaban J connectivity index is 1.82. The molecule has 0 radical (unpaired) electrons. The second-order valence-corrected chi connectivity index (χ2v) is 7.47. The Morgan fingerprint density at radius 2 is 1.69 bits per heavy atom. The zero-order valence-electron chi connectivity index (χ0n) is 14.7. The van der Waals surface area contributed by atoms with E-state index in [1.165, 1.54) is 22.3 Å². The van der Waals surface area contributed by atoms with Crippen molar-refractivity contribution in [1.82, 2.24) is 0 Å². The molecule has 6 heteroatoms. The normalized spacial score (nSPS) is 15.8. The molecule has 1 amide bonds. The summed E-state index contributed by atoms with van der Waals surface area (Å²) in [5.41, 5.74) is 2.79. The van der Waals surface area contributed by atoms with Crippen molar-refractivity contribution in [2.75, 3.05) is 22.9 Å². The van der Waals surface area contributed by atoms with Gasteiger partial charge in [0.05, 0.1) is 10.6 Å². The lowest BCUT2D eigenvalue weighted by Gasteiger charge is -2.20. The number of aromatic hydroxyl groups is 1. The van der Waals surface area contributed by atoms with Crippen molar-refractivity contribution in [1.29, 1.82) is 0 Å². The van der Waals surface area contributed by atoms with Crippen molar-refractivity contribution in [2.45, 2.75) is 13.8 Å². The SMILES string of the molecule is CCN(CC)c1ccc(/C=C2\SC(=S)N(c3ccc(O)cc3)C2=O)cc1. The Morgan fingerprint density at radius 1 is 1.08 bits per heavy atom. The Hall–Kier alpha value is -2.31. The number of hydrogen-bond donors (Lipinski definition) is 1. The molecule has 4 nitrogen and oxygen atoms in total. The van der Waals surface area contributed by atoms with Crippen LogP contribution in [0.3, 0.4) is 0 Å². The van der Waals surface area contributed by atoms with Crippen LogP contribution in [-0.4, -0.2) is 28.4 Å². The summed E-state index contributed by atoms with van der Waals surface area (Å²) < 4.78 is 0.492. The van der Waals surface area contributed by atoms with E-state index in [1.807, 2.05) is 18.2 Å².